The second-order valence-electron chi connectivity index (χ2n) is 12.7. The molecule has 298 valence electrons. The summed E-state index contributed by atoms with van der Waals surface area (Å²) in [5.41, 5.74) is -3.80. The molecule has 1 aliphatic rings. The first-order chi connectivity index (χ1) is 27.0. The fraction of sp³-hybridized carbons (Fsp3) is 0.294. The van der Waals surface area contributed by atoms with Crippen LogP contribution in [0.25, 0.3) is 22.7 Å². The van der Waals surface area contributed by atoms with E-state index in [1.54, 1.807) is 11.8 Å². The molecule has 5 aromatic heterocycles. The number of aromatic hydroxyl groups is 1. The zero-order valence-corrected chi connectivity index (χ0v) is 30.3. The number of carbonyl (C=O) groups is 2. The Morgan fingerprint density at radius 3 is 2.42 bits per heavy atom. The normalized spacial score (nSPS) is 13.6. The van der Waals surface area contributed by atoms with Crippen molar-refractivity contribution < 1.29 is 41.0 Å². The molecule has 57 heavy (non-hydrogen) atoms. The fourth-order valence-electron chi connectivity index (χ4n) is 6.58. The van der Waals surface area contributed by atoms with Crippen LogP contribution in [-0.2, 0) is 23.9 Å². The van der Waals surface area contributed by atoms with E-state index in [0.29, 0.717) is 16.6 Å². The lowest BCUT2D eigenvalue weighted by Crippen LogP contribution is -2.51. The highest BCUT2D eigenvalue weighted by Crippen LogP contribution is 2.34. The molecule has 1 fully saturated rings. The number of anilines is 2. The monoisotopic (exact) mass is 819 g/mol. The topological polar surface area (TPSA) is 177 Å². The smallest absolute Gasteiger partial charge is 0.416 e. The third-order valence-electron chi connectivity index (χ3n) is 9.36. The Morgan fingerprint density at radius 1 is 1.05 bits per heavy atom. The number of aryl methyl sites for hydroxylation is 1. The number of amides is 2. The molecule has 0 aliphatic carbocycles. The van der Waals surface area contributed by atoms with E-state index in [1.165, 1.54) is 16.4 Å². The highest BCUT2D eigenvalue weighted by Gasteiger charge is 2.33. The van der Waals surface area contributed by atoms with Crippen LogP contribution >= 0.6 is 11.6 Å². The van der Waals surface area contributed by atoms with E-state index >= 15 is 4.39 Å². The molecule has 7 rings (SSSR count). The maximum absolute atomic E-state index is 15.9. The van der Waals surface area contributed by atoms with Crippen molar-refractivity contribution in [2.45, 2.75) is 39.5 Å². The van der Waals surface area contributed by atoms with Crippen LogP contribution in [0.2, 0.25) is 5.02 Å². The molecule has 0 unspecified atom stereocenters. The van der Waals surface area contributed by atoms with Crippen molar-refractivity contribution in [2.24, 2.45) is 0 Å². The van der Waals surface area contributed by atoms with Crippen molar-refractivity contribution in [3.63, 3.8) is 0 Å². The molecule has 0 atom stereocenters. The Balaban J connectivity index is 1.30. The van der Waals surface area contributed by atoms with Gasteiger partial charge in [0.2, 0.25) is 11.7 Å². The summed E-state index contributed by atoms with van der Waals surface area (Å²) in [7, 11) is 0. The summed E-state index contributed by atoms with van der Waals surface area (Å²) in [4.78, 5) is 68.6. The second-order valence-corrected chi connectivity index (χ2v) is 13.1. The van der Waals surface area contributed by atoms with Crippen LogP contribution in [-0.4, -0.2) is 86.3 Å². The summed E-state index contributed by atoms with van der Waals surface area (Å²) in [6, 6.07) is 4.02. The van der Waals surface area contributed by atoms with Gasteiger partial charge >= 0.3 is 12.7 Å². The molecule has 0 radical (unpaired) electrons. The van der Waals surface area contributed by atoms with E-state index in [2.05, 4.69) is 25.4 Å². The number of benzene rings is 1. The molecule has 0 bridgehead atoms. The lowest BCUT2D eigenvalue weighted by Gasteiger charge is -2.36. The lowest BCUT2D eigenvalue weighted by atomic mass is 10.2. The predicted octanol–water partition coefficient (Wildman–Crippen LogP) is 4.15. The SMILES string of the molecule is CCc1c(N2CCN(C(=O)c3ncnc(C)c3O)CC2)c(=O)n2nc(-c3ccn4c(cc(=O)n4C(F)F)c3F)nc2n1CC(=O)Nc1ccc(C(F)(F)F)cc1Cl. The lowest BCUT2D eigenvalue weighted by molar-refractivity contribution is -0.137. The van der Waals surface area contributed by atoms with Crippen LogP contribution in [0.3, 0.4) is 0 Å². The summed E-state index contributed by atoms with van der Waals surface area (Å²) in [5.74, 6) is -3.62. The molecule has 0 saturated carbocycles. The first-order valence-corrected chi connectivity index (χ1v) is 17.3. The quantitative estimate of drug-likeness (QED) is 0.212. The molecule has 0 spiro atoms. The summed E-state index contributed by atoms with van der Waals surface area (Å²) >= 11 is 6.08. The van der Waals surface area contributed by atoms with E-state index in [-0.39, 0.29) is 82.8 Å². The molecule has 16 nitrogen and oxygen atoms in total. The van der Waals surface area contributed by atoms with Gasteiger partial charge in [-0.2, -0.15) is 36.1 Å². The summed E-state index contributed by atoms with van der Waals surface area (Å²) in [6.07, 6.45) is -2.48. The van der Waals surface area contributed by atoms with Crippen LogP contribution < -0.4 is 21.3 Å². The highest BCUT2D eigenvalue weighted by molar-refractivity contribution is 6.33. The van der Waals surface area contributed by atoms with Crippen LogP contribution in [0.15, 0.2) is 52.4 Å². The fourth-order valence-corrected chi connectivity index (χ4v) is 6.81. The summed E-state index contributed by atoms with van der Waals surface area (Å²) in [5, 5.41) is 16.7. The van der Waals surface area contributed by atoms with Crippen molar-refractivity contribution in [3.8, 4) is 17.1 Å². The van der Waals surface area contributed by atoms with Crippen LogP contribution in [0.4, 0.5) is 37.7 Å². The first-order valence-electron chi connectivity index (χ1n) is 16.9. The third-order valence-corrected chi connectivity index (χ3v) is 9.67. The van der Waals surface area contributed by atoms with E-state index in [1.807, 2.05) is 0 Å². The van der Waals surface area contributed by atoms with E-state index in [4.69, 9.17) is 11.6 Å². The molecule has 1 aliphatic heterocycles. The molecular formula is C34H28ClF6N11O5. The Kier molecular flexibility index (Phi) is 9.92. The van der Waals surface area contributed by atoms with Gasteiger partial charge in [0.1, 0.15) is 24.1 Å². The number of alkyl halides is 5. The molecule has 6 heterocycles. The number of halogens is 7. The Labute approximate surface area is 320 Å². The van der Waals surface area contributed by atoms with Gasteiger partial charge in [0, 0.05) is 38.4 Å². The number of hydrogen-bond acceptors (Lipinski definition) is 10. The minimum Gasteiger partial charge on any atom is -0.504 e. The molecule has 23 heteroatoms. The van der Waals surface area contributed by atoms with E-state index in [0.717, 1.165) is 35.2 Å². The average molecular weight is 820 g/mol. The van der Waals surface area contributed by atoms with Gasteiger partial charge in [0.15, 0.2) is 23.1 Å². The number of hydrogen-bond donors (Lipinski definition) is 2. The predicted molar refractivity (Wildman–Crippen MR) is 190 cm³/mol. The minimum atomic E-state index is -4.70. The molecular weight excluding hydrogens is 792 g/mol. The number of carbonyl (C=O) groups excluding carboxylic acids is 2. The van der Waals surface area contributed by atoms with Crippen molar-refractivity contribution >= 4 is 46.1 Å². The van der Waals surface area contributed by atoms with Crippen LogP contribution in [0, 0.1) is 12.7 Å². The van der Waals surface area contributed by atoms with Crippen molar-refractivity contribution in [3.05, 3.63) is 97.0 Å². The zero-order chi connectivity index (χ0) is 41.1. The standard InChI is InChI=1S/C34H28ClF6N11O5/c1-3-21-27(47-8-10-48(11-9-47)30(56)26-28(55)16(2)42-15-43-26)31(57)51-33(49(21)14-23(53)44-20-5-4-17(12-19(20)35)34(39,40)41)45-29(46-51)18-6-7-50-22(25(18)36)13-24(54)52(50)32(37)38/h4-7,12-13,15,32,55H,3,8-11,14H2,1-2H3,(H,44,53). The maximum atomic E-state index is 15.9. The number of pyridine rings is 1. The average Bonchev–Trinajstić information content (AvgIpc) is 3.76. The van der Waals surface area contributed by atoms with Gasteiger partial charge in [-0.05, 0) is 37.6 Å². The summed E-state index contributed by atoms with van der Waals surface area (Å²) < 4.78 is 85.6. The van der Waals surface area contributed by atoms with Gasteiger partial charge in [0.25, 0.3) is 17.0 Å². The number of nitrogens with zero attached hydrogens (tertiary/aromatic N) is 10. The van der Waals surface area contributed by atoms with Crippen molar-refractivity contribution in [2.75, 3.05) is 36.4 Å². The number of aromatic nitrogens is 8. The molecule has 2 N–H and O–H groups in total. The maximum Gasteiger partial charge on any atom is 0.416 e. The van der Waals surface area contributed by atoms with Crippen molar-refractivity contribution in [1.82, 2.24) is 43.2 Å². The minimum absolute atomic E-state index is 0.0228. The van der Waals surface area contributed by atoms with Gasteiger partial charge in [-0.3, -0.25) is 23.7 Å². The van der Waals surface area contributed by atoms with Gasteiger partial charge in [-0.25, -0.2) is 14.4 Å². The van der Waals surface area contributed by atoms with Gasteiger partial charge in [0.05, 0.1) is 33.2 Å². The van der Waals surface area contributed by atoms with Gasteiger partial charge < -0.3 is 24.8 Å². The highest BCUT2D eigenvalue weighted by atomic mass is 35.5. The van der Waals surface area contributed by atoms with Crippen molar-refractivity contribution in [1.29, 1.82) is 0 Å². The first kappa shape index (κ1) is 38.8. The summed E-state index contributed by atoms with van der Waals surface area (Å²) in [6.45, 7) is -0.480. The van der Waals surface area contributed by atoms with Gasteiger partial charge in [-0.1, -0.05) is 18.5 Å². The molecule has 1 aromatic carbocycles. The Hall–Kier alpha value is -6.45. The molecule has 1 saturated heterocycles. The Morgan fingerprint density at radius 2 is 1.77 bits per heavy atom. The van der Waals surface area contributed by atoms with Gasteiger partial charge in [-0.15, -0.1) is 5.10 Å². The number of fused-ring (bicyclic) bond motifs is 2. The van der Waals surface area contributed by atoms with E-state index < -0.39 is 69.9 Å². The van der Waals surface area contributed by atoms with Crippen LogP contribution in [0.5, 0.6) is 5.75 Å². The Bertz CT molecular complexity index is 2720. The zero-order valence-electron chi connectivity index (χ0n) is 29.6. The third kappa shape index (κ3) is 6.89. The van der Waals surface area contributed by atoms with Crippen LogP contribution in [0.1, 0.15) is 40.9 Å². The number of nitrogens with one attached hydrogen (secondary N) is 1. The second kappa shape index (κ2) is 14.6. The number of piperazine rings is 1. The van der Waals surface area contributed by atoms with E-state index in [9.17, 15) is 46.2 Å². The molecule has 2 amide bonds. The molecule has 6 aromatic rings. The largest absolute Gasteiger partial charge is 0.504 e. The number of rotatable bonds is 8.